The van der Waals surface area contributed by atoms with Gasteiger partial charge < -0.3 is 0 Å². The first-order valence-electron chi connectivity index (χ1n) is 13.7. The van der Waals surface area contributed by atoms with E-state index in [1.165, 1.54) is 35.4 Å². The van der Waals surface area contributed by atoms with E-state index in [1.54, 1.807) is 15.9 Å². The molecular weight excluding hydrogens is 496 g/mol. The van der Waals surface area contributed by atoms with Crippen LogP contribution in [0, 0.1) is 0 Å². The van der Waals surface area contributed by atoms with Crippen LogP contribution < -0.4 is 31.0 Å². The maximum absolute atomic E-state index is 2.57. The standard InChI is InChI=1S/C35H34NP2/c1-36-27-16-28-37(29-17-6-2-7-18-29,30-19-8-3-9-20-30)35(36)38(31-21-10-4-11-22-31,32-23-12-5-13-24-32)34-26-15-14-25-33(34)36/h2-15,17-26,35H,16,27-28H2,1H3/q+3/t35-,36?/m1/s1. The summed E-state index contributed by atoms with van der Waals surface area (Å²) in [5, 5.41) is 7.74. The van der Waals surface area contributed by atoms with Crippen LogP contribution in [0.2, 0.25) is 0 Å². The highest BCUT2D eigenvalue weighted by Crippen LogP contribution is 2.84. The molecule has 186 valence electrons. The van der Waals surface area contributed by atoms with E-state index in [1.807, 2.05) is 0 Å². The second kappa shape index (κ2) is 9.29. The number of fused-ring (bicyclic) bond motifs is 3. The van der Waals surface area contributed by atoms with Gasteiger partial charge in [0.2, 0.25) is 7.26 Å². The maximum atomic E-state index is 2.57. The van der Waals surface area contributed by atoms with E-state index >= 15 is 0 Å². The molecule has 38 heavy (non-hydrogen) atoms. The van der Waals surface area contributed by atoms with Gasteiger partial charge in [-0.2, -0.15) is 0 Å². The van der Waals surface area contributed by atoms with Crippen molar-refractivity contribution in [2.24, 2.45) is 0 Å². The van der Waals surface area contributed by atoms with E-state index in [4.69, 9.17) is 0 Å². The van der Waals surface area contributed by atoms with Crippen LogP contribution in [0.3, 0.4) is 0 Å². The molecule has 1 unspecified atom stereocenters. The van der Waals surface area contributed by atoms with Crippen LogP contribution in [0.4, 0.5) is 5.69 Å². The molecule has 0 aromatic heterocycles. The molecule has 1 fully saturated rings. The van der Waals surface area contributed by atoms with E-state index in [0.717, 1.165) is 4.48 Å². The second-order valence-electron chi connectivity index (χ2n) is 10.8. The highest BCUT2D eigenvalue weighted by atomic mass is 31.2. The zero-order valence-electron chi connectivity index (χ0n) is 21.9. The largest absolute Gasteiger partial charge is 0.307 e. The monoisotopic (exact) mass is 530 g/mol. The molecule has 3 heteroatoms. The molecule has 2 aliphatic heterocycles. The van der Waals surface area contributed by atoms with Crippen LogP contribution in [0.1, 0.15) is 6.42 Å². The lowest BCUT2D eigenvalue weighted by atomic mass is 10.2. The molecule has 2 aliphatic rings. The van der Waals surface area contributed by atoms with Gasteiger partial charge in [0.05, 0.1) is 19.8 Å². The fourth-order valence-electron chi connectivity index (χ4n) is 7.64. The zero-order chi connectivity index (χ0) is 25.6. The average molecular weight is 531 g/mol. The minimum Gasteiger partial charge on any atom is -0.224 e. The number of para-hydroxylation sites is 1. The van der Waals surface area contributed by atoms with Gasteiger partial charge in [-0.25, -0.2) is 4.48 Å². The van der Waals surface area contributed by atoms with E-state index < -0.39 is 14.5 Å². The summed E-state index contributed by atoms with van der Waals surface area (Å²) < 4.78 is 1.02. The van der Waals surface area contributed by atoms with E-state index in [9.17, 15) is 0 Å². The lowest BCUT2D eigenvalue weighted by molar-refractivity contribution is 0.354. The lowest BCUT2D eigenvalue weighted by Gasteiger charge is -2.46. The summed E-state index contributed by atoms with van der Waals surface area (Å²) in [5.74, 6) is 0. The van der Waals surface area contributed by atoms with Gasteiger partial charge in [0.15, 0.2) is 18.3 Å². The van der Waals surface area contributed by atoms with Crippen LogP contribution in [0.5, 0.6) is 0 Å². The van der Waals surface area contributed by atoms with Crippen LogP contribution in [0.25, 0.3) is 0 Å². The Morgan fingerprint density at radius 1 is 0.526 bits per heavy atom. The van der Waals surface area contributed by atoms with Crippen LogP contribution in [0.15, 0.2) is 146 Å². The summed E-state index contributed by atoms with van der Waals surface area (Å²) >= 11 is 0. The average Bonchev–Trinajstić information content (AvgIpc) is 3.25. The van der Waals surface area contributed by atoms with E-state index in [-0.39, 0.29) is 0 Å². The predicted molar refractivity (Wildman–Crippen MR) is 170 cm³/mol. The Hall–Kier alpha value is -3.08. The predicted octanol–water partition coefficient (Wildman–Crippen LogP) is 6.29. The van der Waals surface area contributed by atoms with Crippen molar-refractivity contribution in [3.63, 3.8) is 0 Å². The van der Waals surface area contributed by atoms with Gasteiger partial charge in [-0.05, 0) is 54.6 Å². The fourth-order valence-corrected chi connectivity index (χ4v) is 22.0. The lowest BCUT2D eigenvalue weighted by Crippen LogP contribution is -2.60. The topological polar surface area (TPSA) is 0 Å². The summed E-state index contributed by atoms with van der Waals surface area (Å²) in [6, 6.07) is 55.9. The van der Waals surface area contributed by atoms with Gasteiger partial charge in [0.1, 0.15) is 21.2 Å². The van der Waals surface area contributed by atoms with Crippen LogP contribution >= 0.6 is 14.5 Å². The molecule has 0 aliphatic carbocycles. The zero-order valence-corrected chi connectivity index (χ0v) is 23.7. The summed E-state index contributed by atoms with van der Waals surface area (Å²) in [7, 11) is -1.38. The Kier molecular flexibility index (Phi) is 5.86. The van der Waals surface area contributed by atoms with Gasteiger partial charge in [0.25, 0.3) is 0 Å². The molecule has 1 saturated heterocycles. The summed E-state index contributed by atoms with van der Waals surface area (Å²) in [6.07, 6.45) is 2.50. The third-order valence-electron chi connectivity index (χ3n) is 8.96. The summed E-state index contributed by atoms with van der Waals surface area (Å²) in [4.78, 5) is 0. The third-order valence-corrected chi connectivity index (χ3v) is 20.5. The summed E-state index contributed by atoms with van der Waals surface area (Å²) in [5.41, 5.74) is 1.99. The Morgan fingerprint density at radius 3 is 1.45 bits per heavy atom. The highest BCUT2D eigenvalue weighted by molar-refractivity contribution is 8.09. The fraction of sp³-hybridized carbons (Fsp3) is 0.143. The summed E-state index contributed by atoms with van der Waals surface area (Å²) in [6.45, 7) is 1.19. The van der Waals surface area contributed by atoms with Crippen molar-refractivity contribution in [3.05, 3.63) is 146 Å². The number of hydrogen-bond acceptors (Lipinski definition) is 0. The van der Waals surface area contributed by atoms with Crippen molar-refractivity contribution < 1.29 is 0 Å². The molecule has 2 heterocycles. The molecule has 0 N–H and O–H groups in total. The number of nitrogens with zero attached hydrogens (tertiary/aromatic N) is 1. The Balaban J connectivity index is 1.69. The molecule has 5 aromatic carbocycles. The minimum atomic E-state index is -2.07. The first-order valence-corrected chi connectivity index (χ1v) is 17.6. The molecule has 1 nitrogen and oxygen atoms in total. The van der Waals surface area contributed by atoms with Gasteiger partial charge in [-0.1, -0.05) is 84.9 Å². The normalized spacial score (nSPS) is 22.8. The molecule has 0 bridgehead atoms. The maximum Gasteiger partial charge on any atom is 0.307 e. The molecule has 0 saturated carbocycles. The first-order chi connectivity index (χ1) is 18.7. The first kappa shape index (κ1) is 24.0. The van der Waals surface area contributed by atoms with E-state index in [2.05, 4.69) is 153 Å². The molecule has 0 radical (unpaired) electrons. The third kappa shape index (κ3) is 3.23. The highest BCUT2D eigenvalue weighted by Gasteiger charge is 2.81. The van der Waals surface area contributed by atoms with Gasteiger partial charge in [-0.3, -0.25) is 0 Å². The molecule has 5 aromatic rings. The molecule has 2 atom stereocenters. The van der Waals surface area contributed by atoms with E-state index in [0.29, 0.717) is 5.52 Å². The molecule has 0 amide bonds. The van der Waals surface area contributed by atoms with Crippen molar-refractivity contribution in [1.82, 2.24) is 4.48 Å². The number of quaternary nitrogens is 1. The van der Waals surface area contributed by atoms with Gasteiger partial charge >= 0.3 is 5.52 Å². The van der Waals surface area contributed by atoms with Crippen molar-refractivity contribution in [2.45, 2.75) is 11.9 Å². The van der Waals surface area contributed by atoms with Crippen LogP contribution in [-0.2, 0) is 0 Å². The number of hydrogen-bond donors (Lipinski definition) is 0. The molecule has 7 rings (SSSR count). The van der Waals surface area contributed by atoms with Crippen molar-refractivity contribution in [2.75, 3.05) is 19.8 Å². The Labute approximate surface area is 228 Å². The van der Waals surface area contributed by atoms with Crippen molar-refractivity contribution in [3.8, 4) is 0 Å². The van der Waals surface area contributed by atoms with Crippen LogP contribution in [-0.4, -0.2) is 25.3 Å². The number of rotatable bonds is 4. The molecular formula is C35H34NP2+3. The minimum absolute atomic E-state index is 0.454. The quantitative estimate of drug-likeness (QED) is 0.189. The SMILES string of the molecule is C[N+]12CCC[P+](c3ccccc3)(c3ccccc3)[C@@H]1[P+](c1ccccc1)(c1ccccc1)c1ccccc12. The Morgan fingerprint density at radius 2 is 0.947 bits per heavy atom. The molecule has 0 spiro atoms. The van der Waals surface area contributed by atoms with Gasteiger partial charge in [0, 0.05) is 12.5 Å². The number of benzene rings is 5. The second-order valence-corrected chi connectivity index (χ2v) is 18.4. The van der Waals surface area contributed by atoms with Gasteiger partial charge in [-0.15, -0.1) is 0 Å². The Bertz CT molecular complexity index is 1470. The van der Waals surface area contributed by atoms with Crippen molar-refractivity contribution >= 4 is 46.7 Å². The van der Waals surface area contributed by atoms with Crippen molar-refractivity contribution in [1.29, 1.82) is 0 Å². The smallest absolute Gasteiger partial charge is 0.224 e.